The lowest BCUT2D eigenvalue weighted by Gasteiger charge is -2.01. The van der Waals surface area contributed by atoms with Crippen molar-refractivity contribution >= 4 is 17.0 Å². The van der Waals surface area contributed by atoms with Crippen molar-refractivity contribution in [2.24, 2.45) is 0 Å². The molecule has 0 amide bonds. The summed E-state index contributed by atoms with van der Waals surface area (Å²) in [6.07, 6.45) is 0.226. The lowest BCUT2D eigenvalue weighted by molar-refractivity contribution is 0.0699. The van der Waals surface area contributed by atoms with Gasteiger partial charge in [0.15, 0.2) is 0 Å². The number of imidazole rings is 1. The first kappa shape index (κ1) is 11.4. The van der Waals surface area contributed by atoms with Crippen LogP contribution >= 0.6 is 0 Å². The molecule has 0 spiro atoms. The van der Waals surface area contributed by atoms with Crippen molar-refractivity contribution in [2.45, 2.75) is 13.0 Å². The highest BCUT2D eigenvalue weighted by Crippen LogP contribution is 2.15. The van der Waals surface area contributed by atoms with Gasteiger partial charge in [-0.15, -0.1) is 0 Å². The maximum absolute atomic E-state index is 12.1. The number of aryl methyl sites for hydroxylation is 1. The molecule has 0 saturated carbocycles. The second-order valence-corrected chi connectivity index (χ2v) is 3.63. The van der Waals surface area contributed by atoms with Gasteiger partial charge >= 0.3 is 11.7 Å². The van der Waals surface area contributed by atoms with Gasteiger partial charge < -0.3 is 10.1 Å². The third kappa shape index (κ3) is 1.93. The van der Waals surface area contributed by atoms with Gasteiger partial charge in [0, 0.05) is 6.54 Å². The number of nitrogens with one attached hydrogen (secondary N) is 1. The van der Waals surface area contributed by atoms with Crippen LogP contribution in [-0.4, -0.2) is 27.3 Å². The van der Waals surface area contributed by atoms with Gasteiger partial charge in [-0.05, 0) is 18.6 Å². The number of para-hydroxylation sites is 1. The minimum atomic E-state index is -1.10. The van der Waals surface area contributed by atoms with Crippen molar-refractivity contribution in [2.75, 3.05) is 6.67 Å². The van der Waals surface area contributed by atoms with Crippen LogP contribution in [0.5, 0.6) is 0 Å². The van der Waals surface area contributed by atoms with Crippen LogP contribution in [0.25, 0.3) is 11.0 Å². The fraction of sp³-hybridized carbons (Fsp3) is 0.273. The van der Waals surface area contributed by atoms with Crippen LogP contribution < -0.4 is 5.69 Å². The van der Waals surface area contributed by atoms with Crippen LogP contribution in [0.15, 0.2) is 23.0 Å². The average Bonchev–Trinajstić information content (AvgIpc) is 2.61. The van der Waals surface area contributed by atoms with Crippen LogP contribution in [0.1, 0.15) is 16.8 Å². The third-order valence-electron chi connectivity index (χ3n) is 2.56. The van der Waals surface area contributed by atoms with Gasteiger partial charge in [-0.25, -0.2) is 9.59 Å². The Hall–Kier alpha value is -2.11. The number of benzene rings is 1. The monoisotopic (exact) mass is 238 g/mol. The Morgan fingerprint density at radius 3 is 2.88 bits per heavy atom. The number of rotatable bonds is 4. The molecule has 0 saturated heterocycles. The lowest BCUT2D eigenvalue weighted by Crippen LogP contribution is -2.16. The summed E-state index contributed by atoms with van der Waals surface area (Å²) in [5.41, 5.74) is 0.396. The zero-order valence-electron chi connectivity index (χ0n) is 8.94. The maximum atomic E-state index is 12.1. The van der Waals surface area contributed by atoms with Gasteiger partial charge in [-0.2, -0.15) is 0 Å². The van der Waals surface area contributed by atoms with Crippen LogP contribution in [0.2, 0.25) is 0 Å². The van der Waals surface area contributed by atoms with Crippen molar-refractivity contribution in [1.29, 1.82) is 0 Å². The molecule has 90 valence electrons. The van der Waals surface area contributed by atoms with E-state index in [1.807, 2.05) is 0 Å². The summed E-state index contributed by atoms with van der Waals surface area (Å²) >= 11 is 0. The Balaban J connectivity index is 2.63. The lowest BCUT2D eigenvalue weighted by atomic mass is 10.2. The van der Waals surface area contributed by atoms with E-state index in [1.165, 1.54) is 10.6 Å². The van der Waals surface area contributed by atoms with Crippen LogP contribution in [0.3, 0.4) is 0 Å². The molecular weight excluding hydrogens is 227 g/mol. The van der Waals surface area contributed by atoms with E-state index in [9.17, 15) is 14.0 Å². The molecule has 0 unspecified atom stereocenters. The molecule has 0 radical (unpaired) electrons. The number of fused-ring (bicyclic) bond motifs is 1. The number of aromatic nitrogens is 2. The van der Waals surface area contributed by atoms with Gasteiger partial charge in [-0.1, -0.05) is 6.07 Å². The van der Waals surface area contributed by atoms with Gasteiger partial charge in [0.05, 0.1) is 23.3 Å². The molecule has 6 heteroatoms. The highest BCUT2D eigenvalue weighted by atomic mass is 19.1. The molecule has 1 aromatic heterocycles. The number of hydrogen-bond donors (Lipinski definition) is 2. The number of carboxylic acid groups (broad SMARTS) is 1. The Kier molecular flexibility index (Phi) is 2.95. The summed E-state index contributed by atoms with van der Waals surface area (Å²) in [5.74, 6) is -1.10. The van der Waals surface area contributed by atoms with E-state index in [0.29, 0.717) is 5.52 Å². The van der Waals surface area contributed by atoms with Crippen molar-refractivity contribution < 1.29 is 14.3 Å². The zero-order chi connectivity index (χ0) is 12.4. The van der Waals surface area contributed by atoms with E-state index in [4.69, 9.17) is 5.11 Å². The van der Waals surface area contributed by atoms with Crippen LogP contribution in [0.4, 0.5) is 4.39 Å². The van der Waals surface area contributed by atoms with Gasteiger partial charge in [0.2, 0.25) is 0 Å². The van der Waals surface area contributed by atoms with Crippen molar-refractivity contribution in [3.8, 4) is 0 Å². The minimum Gasteiger partial charge on any atom is -0.478 e. The number of alkyl halides is 1. The number of carboxylic acids is 1. The Morgan fingerprint density at radius 2 is 2.24 bits per heavy atom. The Labute approximate surface area is 95.5 Å². The maximum Gasteiger partial charge on any atom is 0.337 e. The highest BCUT2D eigenvalue weighted by Gasteiger charge is 2.13. The summed E-state index contributed by atoms with van der Waals surface area (Å²) in [6.45, 7) is -0.282. The molecule has 2 rings (SSSR count). The van der Waals surface area contributed by atoms with Gasteiger partial charge in [0.25, 0.3) is 0 Å². The topological polar surface area (TPSA) is 75.1 Å². The Morgan fingerprint density at radius 1 is 1.47 bits per heavy atom. The summed E-state index contributed by atoms with van der Waals surface area (Å²) < 4.78 is 13.5. The van der Waals surface area contributed by atoms with Crippen molar-refractivity contribution in [3.63, 3.8) is 0 Å². The fourth-order valence-corrected chi connectivity index (χ4v) is 1.80. The fourth-order valence-electron chi connectivity index (χ4n) is 1.80. The average molecular weight is 238 g/mol. The quantitative estimate of drug-likeness (QED) is 0.845. The first-order valence-electron chi connectivity index (χ1n) is 5.16. The molecule has 0 atom stereocenters. The molecule has 2 N–H and O–H groups in total. The number of hydrogen-bond acceptors (Lipinski definition) is 2. The second-order valence-electron chi connectivity index (χ2n) is 3.63. The van der Waals surface area contributed by atoms with E-state index in [2.05, 4.69) is 4.98 Å². The first-order valence-corrected chi connectivity index (χ1v) is 5.16. The minimum absolute atomic E-state index is 0.0404. The number of aromatic carboxylic acids is 1. The van der Waals surface area contributed by atoms with Gasteiger partial charge in [0.1, 0.15) is 0 Å². The Bertz CT molecular complexity index is 615. The molecular formula is C11H11FN2O3. The summed E-state index contributed by atoms with van der Waals surface area (Å²) in [6, 6.07) is 4.61. The normalized spacial score (nSPS) is 10.9. The summed E-state index contributed by atoms with van der Waals surface area (Å²) in [7, 11) is 0. The molecule has 17 heavy (non-hydrogen) atoms. The molecule has 0 aliphatic heterocycles. The second kappa shape index (κ2) is 4.40. The van der Waals surface area contributed by atoms with Gasteiger partial charge in [-0.3, -0.25) is 8.96 Å². The van der Waals surface area contributed by atoms with Crippen LogP contribution in [-0.2, 0) is 6.54 Å². The van der Waals surface area contributed by atoms with E-state index in [1.54, 1.807) is 12.1 Å². The molecule has 1 aromatic carbocycles. The molecule has 0 fully saturated rings. The first-order chi connectivity index (χ1) is 8.15. The molecule has 0 aliphatic rings. The molecule has 0 aliphatic carbocycles. The molecule has 5 nitrogen and oxygen atoms in total. The number of aromatic amines is 1. The number of carbonyl (C=O) groups is 1. The van der Waals surface area contributed by atoms with E-state index >= 15 is 0 Å². The van der Waals surface area contributed by atoms with E-state index in [0.717, 1.165) is 0 Å². The predicted octanol–water partition coefficient (Wildman–Crippen LogP) is 1.39. The number of halogens is 1. The number of nitrogens with zero attached hydrogens (tertiary/aromatic N) is 1. The van der Waals surface area contributed by atoms with E-state index < -0.39 is 18.3 Å². The highest BCUT2D eigenvalue weighted by molar-refractivity contribution is 6.00. The molecule has 2 aromatic rings. The molecule has 0 bridgehead atoms. The van der Waals surface area contributed by atoms with E-state index in [-0.39, 0.29) is 24.0 Å². The van der Waals surface area contributed by atoms with Crippen LogP contribution in [0, 0.1) is 0 Å². The smallest absolute Gasteiger partial charge is 0.337 e. The summed E-state index contributed by atoms with van der Waals surface area (Å²) in [4.78, 5) is 25.1. The number of H-pyrrole nitrogens is 1. The predicted molar refractivity (Wildman–Crippen MR) is 60.1 cm³/mol. The SMILES string of the molecule is O=C(O)c1cccc2c1[nH]c(=O)n2CCCF. The summed E-state index contributed by atoms with van der Waals surface area (Å²) in [5, 5.41) is 8.97. The van der Waals surface area contributed by atoms with Crippen molar-refractivity contribution in [3.05, 3.63) is 34.2 Å². The largest absolute Gasteiger partial charge is 0.478 e. The standard InChI is InChI=1S/C11H11FN2O3/c12-5-2-6-14-8-4-1-3-7(10(15)16)9(8)13-11(14)17/h1,3-4H,2,5-6H2,(H,13,17)(H,15,16). The zero-order valence-corrected chi connectivity index (χ0v) is 8.94. The third-order valence-corrected chi connectivity index (χ3v) is 2.56. The van der Waals surface area contributed by atoms with Crippen molar-refractivity contribution in [1.82, 2.24) is 9.55 Å². The molecule has 1 heterocycles.